The lowest BCUT2D eigenvalue weighted by molar-refractivity contribution is -0.140. The van der Waals surface area contributed by atoms with Crippen LogP contribution in [0.4, 0.5) is 14.6 Å². The number of aliphatic hydroxyl groups excluding tert-OH is 1. The highest BCUT2D eigenvalue weighted by molar-refractivity contribution is 8.14. The van der Waals surface area contributed by atoms with Gasteiger partial charge in [0.25, 0.3) is 0 Å². The molecule has 1 saturated heterocycles. The van der Waals surface area contributed by atoms with Gasteiger partial charge >= 0.3 is 26.8 Å². The number of rotatable bonds is 14. The summed E-state index contributed by atoms with van der Waals surface area (Å²) in [5.74, 6) is -5.50. The van der Waals surface area contributed by atoms with Crippen molar-refractivity contribution in [2.45, 2.75) is 65.9 Å². The van der Waals surface area contributed by atoms with Gasteiger partial charge in [-0.25, -0.2) is 4.79 Å². The van der Waals surface area contributed by atoms with Crippen LogP contribution in [0.3, 0.4) is 0 Å². The van der Waals surface area contributed by atoms with Gasteiger partial charge in [0, 0.05) is 28.5 Å². The van der Waals surface area contributed by atoms with Crippen molar-refractivity contribution in [1.29, 1.82) is 0 Å². The summed E-state index contributed by atoms with van der Waals surface area (Å²) in [6.07, 6.45) is -5.85. The molecule has 1 aromatic heterocycles. The lowest BCUT2D eigenvalue weighted by atomic mass is 9.99. The first-order valence-electron chi connectivity index (χ1n) is 13.2. The standard InChI is InChI=1S/C24H39F2N3O11P2S2/c1-22(2,3)19(31)43-11-9-37-41(34,35)14-42(36,38-10-12-44-20(32)23(4,5)6)39-13-15-17(30)24(25,26)18(40-15)29-8-7-16(27)28-21(29)33/h7-8,15,17-18,30H,9-14H2,1-6H3,(H,34,35)(H2,27,28,33)/t15-,17-,18-,42?/m1/s1. The molecule has 14 nitrogen and oxygen atoms in total. The monoisotopic (exact) mass is 709 g/mol. The number of ether oxygens (including phenoxy) is 1. The fourth-order valence-corrected chi connectivity index (χ4v) is 9.08. The number of hydrogen-bond donors (Lipinski definition) is 3. The average Bonchev–Trinajstić information content (AvgIpc) is 3.09. The fourth-order valence-electron chi connectivity index (χ4n) is 3.33. The van der Waals surface area contributed by atoms with Crippen LogP contribution in [0.1, 0.15) is 47.8 Å². The molecule has 44 heavy (non-hydrogen) atoms. The van der Waals surface area contributed by atoms with Gasteiger partial charge in [-0.15, -0.1) is 0 Å². The Morgan fingerprint density at radius 2 is 1.59 bits per heavy atom. The number of carbonyl (C=O) groups is 2. The second kappa shape index (κ2) is 15.1. The number of thioether (sulfide) groups is 2. The van der Waals surface area contributed by atoms with E-state index in [-0.39, 0.29) is 34.2 Å². The van der Waals surface area contributed by atoms with Crippen LogP contribution in [0.15, 0.2) is 17.1 Å². The van der Waals surface area contributed by atoms with E-state index >= 15 is 0 Å². The van der Waals surface area contributed by atoms with Crippen LogP contribution in [-0.4, -0.2) is 85.1 Å². The van der Waals surface area contributed by atoms with Crippen molar-refractivity contribution in [3.05, 3.63) is 22.7 Å². The Kier molecular flexibility index (Phi) is 13.4. The third kappa shape index (κ3) is 11.2. The van der Waals surface area contributed by atoms with E-state index in [9.17, 15) is 42.3 Å². The number of nitrogens with zero attached hydrogens (tertiary/aromatic N) is 2. The smallest absolute Gasteiger partial charge is 0.351 e. The number of hydrogen-bond acceptors (Lipinski definition) is 14. The van der Waals surface area contributed by atoms with Crippen molar-refractivity contribution in [3.8, 4) is 0 Å². The van der Waals surface area contributed by atoms with Gasteiger partial charge in [-0.2, -0.15) is 13.8 Å². The molecule has 2 unspecified atom stereocenters. The van der Waals surface area contributed by atoms with E-state index in [1.54, 1.807) is 41.5 Å². The first-order chi connectivity index (χ1) is 20.0. The van der Waals surface area contributed by atoms with E-state index in [1.807, 2.05) is 0 Å². The summed E-state index contributed by atoms with van der Waals surface area (Å²) >= 11 is 1.74. The van der Waals surface area contributed by atoms with Crippen LogP contribution in [0.2, 0.25) is 0 Å². The lowest BCUT2D eigenvalue weighted by Gasteiger charge is -2.23. The maximum Gasteiger partial charge on any atom is 0.351 e. The third-order valence-electron chi connectivity index (χ3n) is 5.71. The normalized spacial score (nSPS) is 23.2. The molecular weight excluding hydrogens is 670 g/mol. The van der Waals surface area contributed by atoms with E-state index in [2.05, 4.69) is 4.98 Å². The lowest BCUT2D eigenvalue weighted by Crippen LogP contribution is -2.42. The predicted octanol–water partition coefficient (Wildman–Crippen LogP) is 3.72. The third-order valence-corrected chi connectivity index (χ3v) is 12.7. The second-order valence-corrected chi connectivity index (χ2v) is 18.4. The van der Waals surface area contributed by atoms with Crippen molar-refractivity contribution in [2.24, 2.45) is 10.8 Å². The van der Waals surface area contributed by atoms with Crippen LogP contribution in [0.25, 0.3) is 0 Å². The summed E-state index contributed by atoms with van der Waals surface area (Å²) in [5.41, 5.74) is 2.87. The summed E-state index contributed by atoms with van der Waals surface area (Å²) in [5, 5.41) is 9.88. The van der Waals surface area contributed by atoms with Gasteiger partial charge < -0.3 is 34.0 Å². The number of alkyl halides is 2. The Morgan fingerprint density at radius 3 is 2.09 bits per heavy atom. The van der Waals surface area contributed by atoms with Crippen LogP contribution < -0.4 is 11.4 Å². The number of nitrogens with two attached hydrogens (primary N) is 1. The highest BCUT2D eigenvalue weighted by atomic mass is 32.2. The van der Waals surface area contributed by atoms with Crippen molar-refractivity contribution >= 4 is 54.8 Å². The number of aliphatic hydroxyl groups is 1. The van der Waals surface area contributed by atoms with E-state index in [0.29, 0.717) is 4.57 Å². The Morgan fingerprint density at radius 1 is 1.07 bits per heavy atom. The molecule has 0 radical (unpaired) electrons. The molecule has 4 N–H and O–H groups in total. The Hall–Kier alpha value is -1.20. The van der Waals surface area contributed by atoms with Crippen LogP contribution in [0, 0.1) is 10.8 Å². The van der Waals surface area contributed by atoms with Crippen molar-refractivity contribution < 1.29 is 55.8 Å². The fraction of sp³-hybridized carbons (Fsp3) is 0.750. The molecule has 1 aromatic rings. The molecule has 0 amide bonds. The van der Waals surface area contributed by atoms with Gasteiger partial charge in [0.15, 0.2) is 22.2 Å². The first-order valence-corrected chi connectivity index (χ1v) is 18.7. The molecule has 0 saturated carbocycles. The zero-order chi connectivity index (χ0) is 33.7. The molecule has 0 bridgehead atoms. The number of carbonyl (C=O) groups excluding carboxylic acids is 2. The van der Waals surface area contributed by atoms with Crippen LogP contribution in [0.5, 0.6) is 0 Å². The molecule has 0 spiro atoms. The van der Waals surface area contributed by atoms with Gasteiger partial charge in [-0.3, -0.25) is 23.3 Å². The second-order valence-electron chi connectivity index (χ2n) is 11.8. The van der Waals surface area contributed by atoms with Crippen molar-refractivity contribution in [1.82, 2.24) is 9.55 Å². The minimum atomic E-state index is -4.71. The topological polar surface area (TPSA) is 207 Å². The van der Waals surface area contributed by atoms with Crippen molar-refractivity contribution in [3.63, 3.8) is 0 Å². The molecule has 1 aliphatic heterocycles. The highest BCUT2D eigenvalue weighted by Crippen LogP contribution is 2.62. The van der Waals surface area contributed by atoms with Crippen molar-refractivity contribution in [2.75, 3.05) is 43.0 Å². The zero-order valence-corrected chi connectivity index (χ0v) is 28.6. The maximum absolute atomic E-state index is 14.9. The molecule has 2 rings (SSSR count). The van der Waals surface area contributed by atoms with E-state index in [4.69, 9.17) is 24.0 Å². The Labute approximate surface area is 262 Å². The molecule has 0 aliphatic carbocycles. The van der Waals surface area contributed by atoms with E-state index in [1.165, 1.54) is 0 Å². The zero-order valence-electron chi connectivity index (χ0n) is 25.1. The highest BCUT2D eigenvalue weighted by Gasteiger charge is 2.60. The molecular formula is C24H39F2N3O11P2S2. The molecule has 0 aromatic carbocycles. The molecule has 2 heterocycles. The van der Waals surface area contributed by atoms with Gasteiger partial charge in [0.2, 0.25) is 6.23 Å². The molecule has 1 aliphatic rings. The van der Waals surface area contributed by atoms with Gasteiger partial charge in [-0.1, -0.05) is 65.1 Å². The summed E-state index contributed by atoms with van der Waals surface area (Å²) < 4.78 is 77.4. The van der Waals surface area contributed by atoms with E-state index < -0.39 is 75.2 Å². The van der Waals surface area contributed by atoms with Gasteiger partial charge in [0.05, 0.1) is 19.8 Å². The largest absolute Gasteiger partial charge is 0.384 e. The Balaban J connectivity index is 2.15. The predicted molar refractivity (Wildman–Crippen MR) is 162 cm³/mol. The summed E-state index contributed by atoms with van der Waals surface area (Å²) in [6.45, 7) is 8.38. The summed E-state index contributed by atoms with van der Waals surface area (Å²) in [7, 11) is -9.35. The first kappa shape index (κ1) is 39.0. The quantitative estimate of drug-likeness (QED) is 0.186. The molecule has 252 valence electrons. The summed E-state index contributed by atoms with van der Waals surface area (Å²) in [4.78, 5) is 50.1. The minimum absolute atomic E-state index is 0.0101. The number of aromatic nitrogens is 2. The average molecular weight is 710 g/mol. The summed E-state index contributed by atoms with van der Waals surface area (Å²) in [6, 6.07) is 1.07. The van der Waals surface area contributed by atoms with Gasteiger partial charge in [-0.05, 0) is 6.07 Å². The molecule has 20 heteroatoms. The van der Waals surface area contributed by atoms with E-state index in [0.717, 1.165) is 35.8 Å². The van der Waals surface area contributed by atoms with Crippen LogP contribution in [-0.2, 0) is 37.0 Å². The molecule has 5 atom stereocenters. The minimum Gasteiger partial charge on any atom is -0.384 e. The maximum atomic E-state index is 14.9. The van der Waals surface area contributed by atoms with Crippen LogP contribution >= 0.6 is 38.7 Å². The Bertz CT molecular complexity index is 1340. The number of halogens is 2. The number of anilines is 1. The SMILES string of the molecule is CC(C)(C)C(=O)SCCOP(=O)(O)CP(=O)(OCCSC(=O)C(C)(C)C)OC[C@H]1O[C@@H](n2ccc(N)nc2=O)C(F)(F)[C@@H]1O. The molecule has 1 fully saturated rings. The van der Waals surface area contributed by atoms with Gasteiger partial charge in [0.1, 0.15) is 11.9 Å². The number of nitrogen functional groups attached to an aromatic ring is 1.